The van der Waals surface area contributed by atoms with Crippen LogP contribution in [0.4, 0.5) is 16.2 Å². The molecule has 2 heterocycles. The number of rotatable bonds is 5. The summed E-state index contributed by atoms with van der Waals surface area (Å²) < 4.78 is 9.99. The van der Waals surface area contributed by atoms with E-state index in [0.29, 0.717) is 29.2 Å². The minimum atomic E-state index is -0.346. The maximum Gasteiger partial charge on any atom is 0.319 e. The zero-order valence-corrected chi connectivity index (χ0v) is 12.6. The molecule has 0 saturated heterocycles. The molecule has 0 aliphatic heterocycles. The predicted molar refractivity (Wildman–Crippen MR) is 87.7 cm³/mol. The molecule has 0 fully saturated rings. The minimum Gasteiger partial charge on any atom is -0.472 e. The fourth-order valence-electron chi connectivity index (χ4n) is 1.99. The molecule has 0 saturated carbocycles. The maximum absolute atomic E-state index is 11.9. The summed E-state index contributed by atoms with van der Waals surface area (Å²) in [4.78, 5) is 23.7. The SMILES string of the molecule is O=C(NCc1ccco1)Nc1ccc(NC(=O)c2ccoc2)cc1. The molecule has 3 rings (SSSR count). The highest BCUT2D eigenvalue weighted by Gasteiger charge is 2.07. The van der Waals surface area contributed by atoms with Gasteiger partial charge in [-0.15, -0.1) is 0 Å². The lowest BCUT2D eigenvalue weighted by Crippen LogP contribution is -2.27. The van der Waals surface area contributed by atoms with Gasteiger partial charge in [-0.05, 0) is 42.5 Å². The molecule has 7 heteroatoms. The van der Waals surface area contributed by atoms with Crippen molar-refractivity contribution >= 4 is 23.3 Å². The van der Waals surface area contributed by atoms with Gasteiger partial charge in [-0.1, -0.05) is 0 Å². The Hall–Kier alpha value is -3.48. The largest absolute Gasteiger partial charge is 0.472 e. The predicted octanol–water partition coefficient (Wildman–Crippen LogP) is 3.45. The van der Waals surface area contributed by atoms with E-state index in [4.69, 9.17) is 8.83 Å². The van der Waals surface area contributed by atoms with Gasteiger partial charge < -0.3 is 24.8 Å². The van der Waals surface area contributed by atoms with E-state index in [0.717, 1.165) is 0 Å². The number of furan rings is 2. The monoisotopic (exact) mass is 325 g/mol. The number of carbonyl (C=O) groups is 2. The molecule has 3 amide bonds. The number of anilines is 2. The van der Waals surface area contributed by atoms with E-state index in [-0.39, 0.29) is 11.9 Å². The van der Waals surface area contributed by atoms with Crippen LogP contribution < -0.4 is 16.0 Å². The molecule has 0 atom stereocenters. The number of hydrogen-bond acceptors (Lipinski definition) is 4. The van der Waals surface area contributed by atoms with Crippen molar-refractivity contribution in [1.82, 2.24) is 5.32 Å². The van der Waals surface area contributed by atoms with Crippen LogP contribution in [-0.2, 0) is 6.54 Å². The highest BCUT2D eigenvalue weighted by atomic mass is 16.3. The van der Waals surface area contributed by atoms with Crippen molar-refractivity contribution in [3.05, 3.63) is 72.6 Å². The Morgan fingerprint density at radius 2 is 1.67 bits per heavy atom. The summed E-state index contributed by atoms with van der Waals surface area (Å²) in [7, 11) is 0. The average molecular weight is 325 g/mol. The standard InChI is InChI=1S/C17H15N3O4/c21-16(12-7-9-23-11-12)19-13-3-5-14(6-4-13)20-17(22)18-10-15-2-1-8-24-15/h1-9,11H,10H2,(H,19,21)(H2,18,20,22). The molecule has 0 unspecified atom stereocenters. The molecular weight excluding hydrogens is 310 g/mol. The summed E-state index contributed by atoms with van der Waals surface area (Å²) in [5, 5.41) is 8.10. The molecule has 3 aromatic rings. The van der Waals surface area contributed by atoms with Gasteiger partial charge in [0.1, 0.15) is 12.0 Å². The maximum atomic E-state index is 11.9. The zero-order chi connectivity index (χ0) is 16.8. The first kappa shape index (κ1) is 15.4. The molecular formula is C17H15N3O4. The topological polar surface area (TPSA) is 96.5 Å². The van der Waals surface area contributed by atoms with Gasteiger partial charge in [0.05, 0.1) is 24.6 Å². The van der Waals surface area contributed by atoms with Crippen LogP contribution in [0.1, 0.15) is 16.1 Å². The van der Waals surface area contributed by atoms with Crippen LogP contribution in [0.15, 0.2) is 70.1 Å². The average Bonchev–Trinajstić information content (AvgIpc) is 3.28. The first-order valence-electron chi connectivity index (χ1n) is 7.21. The molecule has 0 aliphatic carbocycles. The summed E-state index contributed by atoms with van der Waals surface area (Å²) in [5.74, 6) is 0.406. The second kappa shape index (κ2) is 7.19. The van der Waals surface area contributed by atoms with Crippen molar-refractivity contribution in [3.8, 4) is 0 Å². The molecule has 0 aliphatic rings. The third kappa shape index (κ3) is 4.04. The molecule has 122 valence electrons. The Balaban J connectivity index is 1.50. The minimum absolute atomic E-state index is 0.263. The molecule has 7 nitrogen and oxygen atoms in total. The van der Waals surface area contributed by atoms with Crippen molar-refractivity contribution in [2.75, 3.05) is 10.6 Å². The van der Waals surface area contributed by atoms with Crippen LogP contribution in [-0.4, -0.2) is 11.9 Å². The number of carbonyl (C=O) groups excluding carboxylic acids is 2. The van der Waals surface area contributed by atoms with Crippen LogP contribution in [0.25, 0.3) is 0 Å². The van der Waals surface area contributed by atoms with Gasteiger partial charge in [-0.3, -0.25) is 4.79 Å². The lowest BCUT2D eigenvalue weighted by Gasteiger charge is -2.08. The Kier molecular flexibility index (Phi) is 4.62. The number of amides is 3. The first-order valence-corrected chi connectivity index (χ1v) is 7.21. The van der Waals surface area contributed by atoms with Crippen LogP contribution in [0, 0.1) is 0 Å². The Labute approximate surface area is 137 Å². The van der Waals surface area contributed by atoms with Crippen LogP contribution in [0.3, 0.4) is 0 Å². The van der Waals surface area contributed by atoms with Gasteiger partial charge in [-0.2, -0.15) is 0 Å². The third-order valence-electron chi connectivity index (χ3n) is 3.19. The van der Waals surface area contributed by atoms with Gasteiger partial charge in [0, 0.05) is 11.4 Å². The Morgan fingerprint density at radius 1 is 0.917 bits per heavy atom. The summed E-state index contributed by atoms with van der Waals surface area (Å²) in [6.07, 6.45) is 4.35. The highest BCUT2D eigenvalue weighted by Crippen LogP contribution is 2.15. The van der Waals surface area contributed by atoms with E-state index in [2.05, 4.69) is 16.0 Å². The fourth-order valence-corrected chi connectivity index (χ4v) is 1.99. The van der Waals surface area contributed by atoms with Crippen LogP contribution in [0.2, 0.25) is 0 Å². The first-order chi connectivity index (χ1) is 11.7. The van der Waals surface area contributed by atoms with E-state index >= 15 is 0 Å². The lowest BCUT2D eigenvalue weighted by atomic mass is 10.2. The molecule has 24 heavy (non-hydrogen) atoms. The van der Waals surface area contributed by atoms with E-state index in [1.165, 1.54) is 12.5 Å². The second-order valence-corrected chi connectivity index (χ2v) is 4.93. The van der Waals surface area contributed by atoms with Crippen LogP contribution in [0.5, 0.6) is 0 Å². The number of hydrogen-bond donors (Lipinski definition) is 3. The molecule has 2 aromatic heterocycles. The van der Waals surface area contributed by atoms with Crippen molar-refractivity contribution in [2.24, 2.45) is 0 Å². The van der Waals surface area contributed by atoms with Crippen molar-refractivity contribution < 1.29 is 18.4 Å². The smallest absolute Gasteiger partial charge is 0.319 e. The van der Waals surface area contributed by atoms with Crippen molar-refractivity contribution in [1.29, 1.82) is 0 Å². The van der Waals surface area contributed by atoms with Gasteiger partial charge >= 0.3 is 6.03 Å². The number of urea groups is 1. The second-order valence-electron chi connectivity index (χ2n) is 4.93. The molecule has 1 aromatic carbocycles. The summed E-state index contributed by atoms with van der Waals surface area (Å²) >= 11 is 0. The van der Waals surface area contributed by atoms with Crippen molar-refractivity contribution in [2.45, 2.75) is 6.54 Å². The zero-order valence-electron chi connectivity index (χ0n) is 12.6. The summed E-state index contributed by atoms with van der Waals surface area (Å²) in [6.45, 7) is 0.303. The van der Waals surface area contributed by atoms with E-state index in [1.807, 2.05) is 0 Å². The molecule has 3 N–H and O–H groups in total. The normalized spacial score (nSPS) is 10.2. The molecule has 0 bridgehead atoms. The highest BCUT2D eigenvalue weighted by molar-refractivity contribution is 6.04. The quantitative estimate of drug-likeness (QED) is 0.669. The third-order valence-corrected chi connectivity index (χ3v) is 3.19. The van der Waals surface area contributed by atoms with Gasteiger partial charge in [0.2, 0.25) is 0 Å². The van der Waals surface area contributed by atoms with Gasteiger partial charge in [-0.25, -0.2) is 4.79 Å². The van der Waals surface area contributed by atoms with E-state index in [9.17, 15) is 9.59 Å². The molecule has 0 spiro atoms. The Morgan fingerprint density at radius 3 is 2.29 bits per heavy atom. The van der Waals surface area contributed by atoms with E-state index < -0.39 is 0 Å². The number of benzene rings is 1. The fraction of sp³-hybridized carbons (Fsp3) is 0.0588. The lowest BCUT2D eigenvalue weighted by molar-refractivity contribution is 0.102. The van der Waals surface area contributed by atoms with E-state index in [1.54, 1.807) is 48.7 Å². The molecule has 0 radical (unpaired) electrons. The summed E-state index contributed by atoms with van der Waals surface area (Å²) in [6, 6.07) is 11.5. The number of nitrogens with one attached hydrogen (secondary N) is 3. The van der Waals surface area contributed by atoms with Crippen molar-refractivity contribution in [3.63, 3.8) is 0 Å². The van der Waals surface area contributed by atoms with Gasteiger partial charge in [0.25, 0.3) is 5.91 Å². The van der Waals surface area contributed by atoms with Gasteiger partial charge in [0.15, 0.2) is 0 Å². The van der Waals surface area contributed by atoms with Crippen LogP contribution >= 0.6 is 0 Å². The summed E-state index contributed by atoms with van der Waals surface area (Å²) in [5.41, 5.74) is 1.66. The Bertz CT molecular complexity index is 793.